The van der Waals surface area contributed by atoms with Crippen LogP contribution in [0.2, 0.25) is 5.02 Å². The summed E-state index contributed by atoms with van der Waals surface area (Å²) in [4.78, 5) is 11.3. The Kier molecular flexibility index (Phi) is 3.86. The van der Waals surface area contributed by atoms with E-state index in [0.29, 0.717) is 16.5 Å². The number of amides is 1. The number of hydrogen-bond donors (Lipinski definition) is 2. The van der Waals surface area contributed by atoms with Crippen LogP contribution in [0.25, 0.3) is 0 Å². The molecule has 2 aromatic rings. The molecular formula is C15H15ClN2O2. The number of carbonyl (C=O) groups excluding carboxylic acids is 1. The van der Waals surface area contributed by atoms with Crippen molar-refractivity contribution in [2.24, 2.45) is 5.73 Å². The zero-order valence-corrected chi connectivity index (χ0v) is 12.0. The summed E-state index contributed by atoms with van der Waals surface area (Å²) in [5.74, 6) is 0.482. The third-order valence-electron chi connectivity index (χ3n) is 2.97. The molecule has 1 amide bonds. The second kappa shape index (κ2) is 5.43. The van der Waals surface area contributed by atoms with Crippen molar-refractivity contribution in [1.82, 2.24) is 0 Å². The molecule has 0 aliphatic heterocycles. The van der Waals surface area contributed by atoms with Crippen molar-refractivity contribution in [2.45, 2.75) is 13.8 Å². The molecule has 0 unspecified atom stereocenters. The first kappa shape index (κ1) is 14.2. The molecule has 0 aliphatic rings. The third kappa shape index (κ3) is 2.70. The molecule has 2 aromatic carbocycles. The van der Waals surface area contributed by atoms with Crippen LogP contribution in [0.4, 0.5) is 5.69 Å². The maximum atomic E-state index is 11.3. The Balaban J connectivity index is 2.46. The molecule has 0 saturated carbocycles. The molecular weight excluding hydrogens is 276 g/mol. The highest BCUT2D eigenvalue weighted by molar-refractivity contribution is 6.30. The summed E-state index contributed by atoms with van der Waals surface area (Å²) in [6.07, 6.45) is 0. The number of benzene rings is 2. The Hall–Kier alpha value is -2.20. The van der Waals surface area contributed by atoms with E-state index in [2.05, 4.69) is 0 Å². The summed E-state index contributed by atoms with van der Waals surface area (Å²) in [7, 11) is 0. The van der Waals surface area contributed by atoms with Gasteiger partial charge in [-0.1, -0.05) is 17.7 Å². The Labute approximate surface area is 122 Å². The van der Waals surface area contributed by atoms with Gasteiger partial charge in [0.05, 0.1) is 11.3 Å². The molecule has 0 bridgehead atoms. The fourth-order valence-corrected chi connectivity index (χ4v) is 2.34. The highest BCUT2D eigenvalue weighted by atomic mass is 35.5. The number of hydrogen-bond acceptors (Lipinski definition) is 3. The minimum Gasteiger partial charge on any atom is -0.455 e. The summed E-state index contributed by atoms with van der Waals surface area (Å²) in [5.41, 5.74) is 13.4. The second-order valence-electron chi connectivity index (χ2n) is 4.55. The molecule has 0 saturated heterocycles. The number of carbonyl (C=O) groups is 1. The van der Waals surface area contributed by atoms with Crippen molar-refractivity contribution >= 4 is 23.2 Å². The van der Waals surface area contributed by atoms with Crippen LogP contribution in [0.5, 0.6) is 11.5 Å². The standard InChI is InChI=1S/C15H15ClN2O2/c1-8-6-10(16)7-9(2)14(8)20-12-5-3-4-11(13(12)17)15(18)19/h3-7H,17H2,1-2H3,(H2,18,19). The molecule has 4 N–H and O–H groups in total. The number of nitrogen functional groups attached to an aromatic ring is 1. The number of nitrogens with two attached hydrogens (primary N) is 2. The van der Waals surface area contributed by atoms with Gasteiger partial charge in [0.1, 0.15) is 5.75 Å². The summed E-state index contributed by atoms with van der Waals surface area (Å²) >= 11 is 5.98. The monoisotopic (exact) mass is 290 g/mol. The van der Waals surface area contributed by atoms with Gasteiger partial charge in [0.2, 0.25) is 0 Å². The van der Waals surface area contributed by atoms with Crippen LogP contribution in [0.1, 0.15) is 21.5 Å². The fraction of sp³-hybridized carbons (Fsp3) is 0.133. The topological polar surface area (TPSA) is 78.3 Å². The lowest BCUT2D eigenvalue weighted by atomic mass is 10.1. The van der Waals surface area contributed by atoms with Gasteiger partial charge < -0.3 is 16.2 Å². The lowest BCUT2D eigenvalue weighted by molar-refractivity contribution is 0.100. The normalized spacial score (nSPS) is 10.3. The van der Waals surface area contributed by atoms with E-state index >= 15 is 0 Å². The molecule has 0 radical (unpaired) electrons. The van der Waals surface area contributed by atoms with Gasteiger partial charge in [-0.05, 0) is 49.2 Å². The molecule has 5 heteroatoms. The number of para-hydroxylation sites is 1. The number of primary amides is 1. The van der Waals surface area contributed by atoms with Gasteiger partial charge in [0.25, 0.3) is 5.91 Å². The summed E-state index contributed by atoms with van der Waals surface area (Å²) in [6.45, 7) is 3.78. The summed E-state index contributed by atoms with van der Waals surface area (Å²) < 4.78 is 5.83. The van der Waals surface area contributed by atoms with Gasteiger partial charge in [-0.15, -0.1) is 0 Å². The van der Waals surface area contributed by atoms with E-state index in [1.165, 1.54) is 0 Å². The maximum absolute atomic E-state index is 11.3. The van der Waals surface area contributed by atoms with Crippen LogP contribution in [0.3, 0.4) is 0 Å². The highest BCUT2D eigenvalue weighted by Crippen LogP contribution is 2.35. The first-order chi connectivity index (χ1) is 9.40. The average Bonchev–Trinajstić information content (AvgIpc) is 2.35. The first-order valence-electron chi connectivity index (χ1n) is 6.03. The number of rotatable bonds is 3. The van der Waals surface area contributed by atoms with E-state index < -0.39 is 5.91 Å². The quantitative estimate of drug-likeness (QED) is 0.850. The lowest BCUT2D eigenvalue weighted by Gasteiger charge is -2.14. The van der Waals surface area contributed by atoms with Crippen LogP contribution in [-0.2, 0) is 0 Å². The van der Waals surface area contributed by atoms with Crippen molar-refractivity contribution in [3.05, 3.63) is 52.0 Å². The fourth-order valence-electron chi connectivity index (χ4n) is 2.02. The predicted molar refractivity (Wildman–Crippen MR) is 80.4 cm³/mol. The predicted octanol–water partition coefficient (Wildman–Crippen LogP) is 3.43. The van der Waals surface area contributed by atoms with Gasteiger partial charge >= 0.3 is 0 Å². The molecule has 20 heavy (non-hydrogen) atoms. The largest absolute Gasteiger partial charge is 0.455 e. The van der Waals surface area contributed by atoms with E-state index in [9.17, 15) is 4.79 Å². The molecule has 0 heterocycles. The van der Waals surface area contributed by atoms with Crippen LogP contribution in [0.15, 0.2) is 30.3 Å². The SMILES string of the molecule is Cc1cc(Cl)cc(C)c1Oc1cccc(C(N)=O)c1N. The van der Waals surface area contributed by atoms with Crippen molar-refractivity contribution < 1.29 is 9.53 Å². The minimum atomic E-state index is -0.586. The Morgan fingerprint density at radius 2 is 1.80 bits per heavy atom. The van der Waals surface area contributed by atoms with E-state index in [4.69, 9.17) is 27.8 Å². The Bertz CT molecular complexity index is 661. The number of ether oxygens (including phenoxy) is 1. The number of anilines is 1. The van der Waals surface area contributed by atoms with E-state index in [1.807, 2.05) is 13.8 Å². The summed E-state index contributed by atoms with van der Waals surface area (Å²) in [5, 5.41) is 0.645. The smallest absolute Gasteiger partial charge is 0.250 e. The maximum Gasteiger partial charge on any atom is 0.250 e. The van der Waals surface area contributed by atoms with E-state index in [0.717, 1.165) is 11.1 Å². The highest BCUT2D eigenvalue weighted by Gasteiger charge is 2.13. The molecule has 0 atom stereocenters. The van der Waals surface area contributed by atoms with Crippen LogP contribution in [-0.4, -0.2) is 5.91 Å². The van der Waals surface area contributed by atoms with E-state index in [-0.39, 0.29) is 11.3 Å². The number of aryl methyl sites for hydroxylation is 2. The Morgan fingerprint density at radius 3 is 2.35 bits per heavy atom. The van der Waals surface area contributed by atoms with Gasteiger partial charge in [0, 0.05) is 5.02 Å². The zero-order valence-electron chi connectivity index (χ0n) is 11.2. The summed E-state index contributed by atoms with van der Waals surface area (Å²) in [6, 6.07) is 8.53. The number of halogens is 1. The molecule has 0 spiro atoms. The molecule has 2 rings (SSSR count). The molecule has 0 aromatic heterocycles. The van der Waals surface area contributed by atoms with Gasteiger partial charge in [-0.2, -0.15) is 0 Å². The van der Waals surface area contributed by atoms with E-state index in [1.54, 1.807) is 30.3 Å². The second-order valence-corrected chi connectivity index (χ2v) is 4.99. The third-order valence-corrected chi connectivity index (χ3v) is 3.19. The van der Waals surface area contributed by atoms with Crippen molar-refractivity contribution in [2.75, 3.05) is 5.73 Å². The molecule has 104 valence electrons. The first-order valence-corrected chi connectivity index (χ1v) is 6.41. The lowest BCUT2D eigenvalue weighted by Crippen LogP contribution is -2.13. The Morgan fingerprint density at radius 1 is 1.20 bits per heavy atom. The average molecular weight is 291 g/mol. The molecule has 4 nitrogen and oxygen atoms in total. The van der Waals surface area contributed by atoms with Crippen LogP contribution in [0, 0.1) is 13.8 Å². The van der Waals surface area contributed by atoms with Crippen molar-refractivity contribution in [3.63, 3.8) is 0 Å². The molecule has 0 fully saturated rings. The van der Waals surface area contributed by atoms with Gasteiger partial charge in [-0.25, -0.2) is 0 Å². The van der Waals surface area contributed by atoms with Crippen molar-refractivity contribution in [1.29, 1.82) is 0 Å². The molecule has 0 aliphatic carbocycles. The van der Waals surface area contributed by atoms with Crippen molar-refractivity contribution in [3.8, 4) is 11.5 Å². The van der Waals surface area contributed by atoms with Gasteiger partial charge in [0.15, 0.2) is 5.75 Å². The van der Waals surface area contributed by atoms with Gasteiger partial charge in [-0.3, -0.25) is 4.79 Å². The zero-order chi connectivity index (χ0) is 14.9. The van der Waals surface area contributed by atoms with Crippen LogP contribution < -0.4 is 16.2 Å². The minimum absolute atomic E-state index is 0.230. The van der Waals surface area contributed by atoms with Crippen LogP contribution >= 0.6 is 11.6 Å².